The molecule has 1 unspecified atom stereocenters. The molecule has 1 N–H and O–H groups in total. The molecule has 2 aromatic rings. The van der Waals surface area contributed by atoms with Crippen molar-refractivity contribution in [2.45, 2.75) is 22.2 Å². The van der Waals surface area contributed by atoms with Gasteiger partial charge in [0.25, 0.3) is 0 Å². The van der Waals surface area contributed by atoms with Crippen molar-refractivity contribution in [1.82, 2.24) is 10.2 Å². The third kappa shape index (κ3) is 4.77. The standard InChI is InChI=1S/C18H23ClN2O4S3/c1-21(2)16(17-4-3-9-26-17)10-20-15-11-27(22,23)12-18(15)28(24,25)14-7-5-13(19)6-8-14/h3-9,15-16,18,20H,10-12H2,1-2H3/t15-,16?,18-/m0/s1. The maximum Gasteiger partial charge on any atom is 0.183 e. The lowest BCUT2D eigenvalue weighted by Crippen LogP contribution is -2.46. The second-order valence-corrected chi connectivity index (χ2v) is 12.9. The molecule has 0 saturated carbocycles. The second-order valence-electron chi connectivity index (χ2n) is 7.12. The number of nitrogens with zero attached hydrogens (tertiary/aromatic N) is 1. The van der Waals surface area contributed by atoms with Crippen molar-refractivity contribution in [3.63, 3.8) is 0 Å². The minimum atomic E-state index is -3.81. The average Bonchev–Trinajstić information content (AvgIpc) is 3.23. The van der Waals surface area contributed by atoms with Gasteiger partial charge in [-0.05, 0) is 49.8 Å². The van der Waals surface area contributed by atoms with Gasteiger partial charge in [0.15, 0.2) is 19.7 Å². The molecule has 3 atom stereocenters. The van der Waals surface area contributed by atoms with Gasteiger partial charge in [-0.15, -0.1) is 11.3 Å². The molecule has 1 aliphatic heterocycles. The van der Waals surface area contributed by atoms with Crippen LogP contribution in [0.3, 0.4) is 0 Å². The van der Waals surface area contributed by atoms with Crippen molar-refractivity contribution in [3.05, 3.63) is 51.7 Å². The molecule has 1 fully saturated rings. The van der Waals surface area contributed by atoms with Crippen molar-refractivity contribution >= 4 is 42.6 Å². The zero-order chi connectivity index (χ0) is 20.5. The van der Waals surface area contributed by atoms with Crippen LogP contribution < -0.4 is 5.32 Å². The van der Waals surface area contributed by atoms with Crippen LogP contribution in [0, 0.1) is 0 Å². The fourth-order valence-corrected chi connectivity index (χ4v) is 9.16. The van der Waals surface area contributed by atoms with E-state index in [-0.39, 0.29) is 22.4 Å². The number of likely N-dealkylation sites (N-methyl/N-ethyl adjacent to an activating group) is 1. The van der Waals surface area contributed by atoms with Gasteiger partial charge in [0.1, 0.15) is 0 Å². The molecular weight excluding hydrogens is 440 g/mol. The number of hydrogen-bond donors (Lipinski definition) is 1. The molecule has 1 aromatic heterocycles. The van der Waals surface area contributed by atoms with Gasteiger partial charge in [-0.3, -0.25) is 0 Å². The normalized spacial score (nSPS) is 23.1. The van der Waals surface area contributed by atoms with Gasteiger partial charge in [0, 0.05) is 22.5 Å². The minimum absolute atomic E-state index is 0.0298. The summed E-state index contributed by atoms with van der Waals surface area (Å²) in [5, 5.41) is 4.62. The van der Waals surface area contributed by atoms with E-state index in [0.717, 1.165) is 4.88 Å². The molecule has 6 nitrogen and oxygen atoms in total. The Balaban J connectivity index is 1.83. The summed E-state index contributed by atoms with van der Waals surface area (Å²) in [5.74, 6) is -0.559. The lowest BCUT2D eigenvalue weighted by Gasteiger charge is -2.27. The Hall–Kier alpha value is -0.970. The van der Waals surface area contributed by atoms with Gasteiger partial charge < -0.3 is 10.2 Å². The van der Waals surface area contributed by atoms with E-state index in [2.05, 4.69) is 5.32 Å². The van der Waals surface area contributed by atoms with E-state index in [9.17, 15) is 16.8 Å². The Morgan fingerprint density at radius 1 is 1.21 bits per heavy atom. The molecule has 3 rings (SSSR count). The fourth-order valence-electron chi connectivity index (χ4n) is 3.39. The quantitative estimate of drug-likeness (QED) is 0.679. The van der Waals surface area contributed by atoms with Crippen molar-refractivity contribution in [2.75, 3.05) is 32.1 Å². The largest absolute Gasteiger partial charge is 0.310 e. The van der Waals surface area contributed by atoms with E-state index in [0.29, 0.717) is 11.6 Å². The number of benzene rings is 1. The summed E-state index contributed by atoms with van der Waals surface area (Å²) in [6.45, 7) is 0.459. The molecule has 10 heteroatoms. The number of sulfone groups is 2. The van der Waals surface area contributed by atoms with Crippen molar-refractivity contribution in [3.8, 4) is 0 Å². The molecule has 0 radical (unpaired) electrons. The van der Waals surface area contributed by atoms with Crippen LogP contribution >= 0.6 is 22.9 Å². The summed E-state index contributed by atoms with van der Waals surface area (Å²) >= 11 is 7.47. The predicted octanol–water partition coefficient (Wildman–Crippen LogP) is 2.23. The smallest absolute Gasteiger partial charge is 0.183 e. The van der Waals surface area contributed by atoms with Crippen LogP contribution in [0.25, 0.3) is 0 Å². The lowest BCUT2D eigenvalue weighted by molar-refractivity contribution is 0.285. The third-order valence-corrected chi connectivity index (χ3v) is 10.3. The number of halogens is 1. The van der Waals surface area contributed by atoms with Crippen LogP contribution in [0.2, 0.25) is 5.02 Å². The van der Waals surface area contributed by atoms with Gasteiger partial charge in [0.2, 0.25) is 0 Å². The fraction of sp³-hybridized carbons (Fsp3) is 0.444. The zero-order valence-corrected chi connectivity index (χ0v) is 18.8. The summed E-state index contributed by atoms with van der Waals surface area (Å²) in [4.78, 5) is 3.26. The summed E-state index contributed by atoms with van der Waals surface area (Å²) < 4.78 is 50.7. The lowest BCUT2D eigenvalue weighted by atomic mass is 10.2. The highest BCUT2D eigenvalue weighted by molar-refractivity contribution is 7.96. The molecule has 0 bridgehead atoms. The van der Waals surface area contributed by atoms with Crippen molar-refractivity contribution < 1.29 is 16.8 Å². The van der Waals surface area contributed by atoms with Crippen LogP contribution in [0.5, 0.6) is 0 Å². The highest BCUT2D eigenvalue weighted by Crippen LogP contribution is 2.28. The molecule has 0 amide bonds. The van der Waals surface area contributed by atoms with Gasteiger partial charge in [0.05, 0.1) is 27.7 Å². The SMILES string of the molecule is CN(C)C(CN[C@H]1CS(=O)(=O)C[C@@H]1S(=O)(=O)c1ccc(Cl)cc1)c1cccs1. The topological polar surface area (TPSA) is 83.6 Å². The summed E-state index contributed by atoms with van der Waals surface area (Å²) in [5.41, 5.74) is 0. The van der Waals surface area contributed by atoms with Crippen molar-refractivity contribution in [2.24, 2.45) is 0 Å². The molecule has 0 aliphatic carbocycles. The van der Waals surface area contributed by atoms with E-state index in [1.807, 2.05) is 36.5 Å². The Kier molecular flexibility index (Phi) is 6.53. The Labute approximate surface area is 175 Å². The highest BCUT2D eigenvalue weighted by Gasteiger charge is 2.45. The van der Waals surface area contributed by atoms with E-state index in [1.165, 1.54) is 24.3 Å². The summed E-state index contributed by atoms with van der Waals surface area (Å²) in [7, 11) is -3.37. The molecule has 2 heterocycles. The van der Waals surface area contributed by atoms with Gasteiger partial charge in [-0.25, -0.2) is 16.8 Å². The van der Waals surface area contributed by atoms with Crippen LogP contribution in [-0.2, 0) is 19.7 Å². The molecular formula is C18H23ClN2O4S3. The maximum absolute atomic E-state index is 13.1. The first-order chi connectivity index (χ1) is 13.1. The zero-order valence-electron chi connectivity index (χ0n) is 15.6. The van der Waals surface area contributed by atoms with Gasteiger partial charge >= 0.3 is 0 Å². The highest BCUT2D eigenvalue weighted by atomic mass is 35.5. The molecule has 0 spiro atoms. The monoisotopic (exact) mass is 462 g/mol. The first-order valence-corrected chi connectivity index (χ1v) is 13.4. The van der Waals surface area contributed by atoms with E-state index < -0.39 is 31.0 Å². The molecule has 154 valence electrons. The molecule has 28 heavy (non-hydrogen) atoms. The second kappa shape index (κ2) is 8.41. The minimum Gasteiger partial charge on any atom is -0.310 e. The molecule has 1 aromatic carbocycles. The first-order valence-electron chi connectivity index (χ1n) is 8.73. The molecule has 1 saturated heterocycles. The number of nitrogens with one attached hydrogen (secondary N) is 1. The van der Waals surface area contributed by atoms with Crippen LogP contribution in [0.1, 0.15) is 10.9 Å². The predicted molar refractivity (Wildman–Crippen MR) is 114 cm³/mol. The van der Waals surface area contributed by atoms with Gasteiger partial charge in [-0.2, -0.15) is 0 Å². The Morgan fingerprint density at radius 2 is 1.89 bits per heavy atom. The summed E-state index contributed by atoms with van der Waals surface area (Å²) in [6.07, 6.45) is 0. The Morgan fingerprint density at radius 3 is 2.46 bits per heavy atom. The average molecular weight is 463 g/mol. The van der Waals surface area contributed by atoms with Crippen LogP contribution in [0.15, 0.2) is 46.7 Å². The van der Waals surface area contributed by atoms with Crippen LogP contribution in [0.4, 0.5) is 0 Å². The van der Waals surface area contributed by atoms with E-state index in [4.69, 9.17) is 11.6 Å². The van der Waals surface area contributed by atoms with E-state index in [1.54, 1.807) is 11.3 Å². The maximum atomic E-state index is 13.1. The van der Waals surface area contributed by atoms with Crippen LogP contribution in [-0.4, -0.2) is 65.2 Å². The third-order valence-electron chi connectivity index (χ3n) is 4.91. The molecule has 1 aliphatic rings. The van der Waals surface area contributed by atoms with E-state index >= 15 is 0 Å². The first kappa shape index (κ1) is 21.7. The number of hydrogen-bond acceptors (Lipinski definition) is 7. The summed E-state index contributed by atoms with van der Waals surface area (Å²) in [6, 6.07) is 9.20. The number of thiophene rings is 1. The number of rotatable bonds is 7. The van der Waals surface area contributed by atoms with Crippen molar-refractivity contribution in [1.29, 1.82) is 0 Å². The Bertz CT molecular complexity index is 1000. The van der Waals surface area contributed by atoms with Gasteiger partial charge in [-0.1, -0.05) is 17.7 Å².